The third-order valence-corrected chi connectivity index (χ3v) is 5.17. The zero-order valence-electron chi connectivity index (χ0n) is 13.2. The Kier molecular flexibility index (Phi) is 6.11. The summed E-state index contributed by atoms with van der Waals surface area (Å²) in [4.78, 5) is 5.19. The summed E-state index contributed by atoms with van der Waals surface area (Å²) in [6.45, 7) is 6.00. The van der Waals surface area contributed by atoms with Gasteiger partial charge in [-0.2, -0.15) is 0 Å². The van der Waals surface area contributed by atoms with Crippen LogP contribution in [0.5, 0.6) is 0 Å². The minimum absolute atomic E-state index is 0.735. The summed E-state index contributed by atoms with van der Waals surface area (Å²) in [5.41, 5.74) is 0. The molecule has 1 heterocycles. The minimum atomic E-state index is 0.735. The van der Waals surface area contributed by atoms with E-state index in [0.717, 1.165) is 18.1 Å². The van der Waals surface area contributed by atoms with E-state index in [1.807, 2.05) is 0 Å². The molecule has 112 valence electrons. The van der Waals surface area contributed by atoms with Gasteiger partial charge in [0.15, 0.2) is 0 Å². The number of piperidine rings is 1. The van der Waals surface area contributed by atoms with Gasteiger partial charge in [0.25, 0.3) is 0 Å². The molecule has 0 aromatic heterocycles. The zero-order chi connectivity index (χ0) is 13.7. The number of rotatable bonds is 5. The van der Waals surface area contributed by atoms with Crippen LogP contribution in [0.2, 0.25) is 0 Å². The number of hydrogen-bond acceptors (Lipinski definition) is 3. The molecule has 2 aliphatic rings. The fourth-order valence-electron chi connectivity index (χ4n) is 3.84. The monoisotopic (exact) mass is 267 g/mol. The molecule has 0 aromatic rings. The molecule has 2 atom stereocenters. The zero-order valence-corrected chi connectivity index (χ0v) is 13.2. The molecule has 0 amide bonds. The third-order valence-electron chi connectivity index (χ3n) is 5.17. The van der Waals surface area contributed by atoms with Crippen LogP contribution in [-0.2, 0) is 0 Å². The van der Waals surface area contributed by atoms with E-state index in [1.165, 1.54) is 64.6 Å². The van der Waals surface area contributed by atoms with Crippen molar-refractivity contribution in [1.82, 2.24) is 15.1 Å². The van der Waals surface area contributed by atoms with E-state index in [4.69, 9.17) is 0 Å². The van der Waals surface area contributed by atoms with Crippen molar-refractivity contribution in [3.05, 3.63) is 0 Å². The SMILES string of the molecule is CCCNC1CCCCC1N(C)C1CCN(C)CC1. The van der Waals surface area contributed by atoms with Crippen LogP contribution in [0.1, 0.15) is 51.9 Å². The number of hydrogen-bond donors (Lipinski definition) is 1. The van der Waals surface area contributed by atoms with Gasteiger partial charge in [-0.15, -0.1) is 0 Å². The minimum Gasteiger partial charge on any atom is -0.312 e. The highest BCUT2D eigenvalue weighted by molar-refractivity contribution is 4.90. The van der Waals surface area contributed by atoms with Gasteiger partial charge in [0.2, 0.25) is 0 Å². The molecule has 0 aromatic carbocycles. The Labute approximate surface area is 119 Å². The van der Waals surface area contributed by atoms with E-state index in [0.29, 0.717) is 0 Å². The van der Waals surface area contributed by atoms with Crippen molar-refractivity contribution < 1.29 is 0 Å². The van der Waals surface area contributed by atoms with Gasteiger partial charge >= 0.3 is 0 Å². The van der Waals surface area contributed by atoms with Crippen LogP contribution in [-0.4, -0.2) is 61.7 Å². The Balaban J connectivity index is 1.89. The predicted octanol–water partition coefficient (Wildman–Crippen LogP) is 2.32. The fraction of sp³-hybridized carbons (Fsp3) is 1.00. The first-order chi connectivity index (χ1) is 9.22. The molecule has 0 bridgehead atoms. The molecule has 0 spiro atoms. The quantitative estimate of drug-likeness (QED) is 0.825. The Morgan fingerprint density at radius 2 is 1.79 bits per heavy atom. The van der Waals surface area contributed by atoms with Gasteiger partial charge in [-0.05, 0) is 65.8 Å². The second-order valence-corrected chi connectivity index (χ2v) is 6.61. The van der Waals surface area contributed by atoms with Crippen molar-refractivity contribution in [2.75, 3.05) is 33.7 Å². The highest BCUT2D eigenvalue weighted by Crippen LogP contribution is 2.26. The van der Waals surface area contributed by atoms with Crippen molar-refractivity contribution in [1.29, 1.82) is 0 Å². The van der Waals surface area contributed by atoms with Gasteiger partial charge in [-0.25, -0.2) is 0 Å². The lowest BCUT2D eigenvalue weighted by atomic mass is 9.87. The maximum absolute atomic E-state index is 3.80. The average molecular weight is 267 g/mol. The van der Waals surface area contributed by atoms with E-state index in [-0.39, 0.29) is 0 Å². The molecule has 2 rings (SSSR count). The van der Waals surface area contributed by atoms with Crippen molar-refractivity contribution in [3.8, 4) is 0 Å². The molecule has 2 fully saturated rings. The van der Waals surface area contributed by atoms with Gasteiger partial charge in [0.05, 0.1) is 0 Å². The molecule has 1 N–H and O–H groups in total. The molecule has 1 saturated carbocycles. The normalized spacial score (nSPS) is 30.9. The lowest BCUT2D eigenvalue weighted by molar-refractivity contribution is 0.0693. The lowest BCUT2D eigenvalue weighted by Gasteiger charge is -2.44. The molecule has 1 aliphatic heterocycles. The third kappa shape index (κ3) is 4.17. The molecule has 1 saturated heterocycles. The molecule has 3 nitrogen and oxygen atoms in total. The summed E-state index contributed by atoms with van der Waals surface area (Å²) in [6.07, 6.45) is 9.56. The maximum atomic E-state index is 3.80. The molecule has 1 aliphatic carbocycles. The summed E-state index contributed by atoms with van der Waals surface area (Å²) >= 11 is 0. The average Bonchev–Trinajstić information content (AvgIpc) is 2.45. The fourth-order valence-corrected chi connectivity index (χ4v) is 3.84. The smallest absolute Gasteiger partial charge is 0.0249 e. The van der Waals surface area contributed by atoms with Crippen LogP contribution in [0.15, 0.2) is 0 Å². The van der Waals surface area contributed by atoms with E-state index in [2.05, 4.69) is 36.1 Å². The summed E-state index contributed by atoms with van der Waals surface area (Å²) < 4.78 is 0. The molecule has 19 heavy (non-hydrogen) atoms. The summed E-state index contributed by atoms with van der Waals surface area (Å²) in [5.74, 6) is 0. The van der Waals surface area contributed by atoms with Crippen molar-refractivity contribution in [2.24, 2.45) is 0 Å². The van der Waals surface area contributed by atoms with E-state index in [9.17, 15) is 0 Å². The second kappa shape index (κ2) is 7.61. The van der Waals surface area contributed by atoms with E-state index < -0.39 is 0 Å². The number of likely N-dealkylation sites (tertiary alicyclic amines) is 1. The molecular weight excluding hydrogens is 234 g/mol. The van der Waals surface area contributed by atoms with Crippen molar-refractivity contribution >= 4 is 0 Å². The van der Waals surface area contributed by atoms with Crippen LogP contribution in [0.25, 0.3) is 0 Å². The molecular formula is C16H33N3. The Bertz CT molecular complexity index is 248. The Morgan fingerprint density at radius 3 is 2.47 bits per heavy atom. The van der Waals surface area contributed by atoms with Crippen LogP contribution < -0.4 is 5.32 Å². The van der Waals surface area contributed by atoms with Gasteiger partial charge in [0.1, 0.15) is 0 Å². The van der Waals surface area contributed by atoms with Crippen molar-refractivity contribution in [3.63, 3.8) is 0 Å². The highest BCUT2D eigenvalue weighted by Gasteiger charge is 2.32. The number of likely N-dealkylation sites (N-methyl/N-ethyl adjacent to an activating group) is 1. The first-order valence-corrected chi connectivity index (χ1v) is 8.36. The Hall–Kier alpha value is -0.120. The predicted molar refractivity (Wildman–Crippen MR) is 82.6 cm³/mol. The van der Waals surface area contributed by atoms with Crippen LogP contribution >= 0.6 is 0 Å². The van der Waals surface area contributed by atoms with Gasteiger partial charge in [-0.1, -0.05) is 19.8 Å². The Morgan fingerprint density at radius 1 is 1.11 bits per heavy atom. The van der Waals surface area contributed by atoms with Gasteiger partial charge in [0, 0.05) is 18.1 Å². The summed E-state index contributed by atoms with van der Waals surface area (Å²) in [5, 5.41) is 3.80. The number of nitrogens with zero attached hydrogens (tertiary/aromatic N) is 2. The summed E-state index contributed by atoms with van der Waals surface area (Å²) in [7, 11) is 4.63. The van der Waals surface area contributed by atoms with Crippen LogP contribution in [0, 0.1) is 0 Å². The second-order valence-electron chi connectivity index (χ2n) is 6.61. The first-order valence-electron chi connectivity index (χ1n) is 8.36. The number of nitrogens with one attached hydrogen (secondary N) is 1. The standard InChI is InChI=1S/C16H33N3/c1-4-11-17-15-7-5-6-8-16(15)19(3)14-9-12-18(2)13-10-14/h14-17H,4-13H2,1-3H3. The molecule has 0 radical (unpaired) electrons. The maximum Gasteiger partial charge on any atom is 0.0249 e. The van der Waals surface area contributed by atoms with Gasteiger partial charge in [-0.3, -0.25) is 4.90 Å². The topological polar surface area (TPSA) is 18.5 Å². The first kappa shape index (κ1) is 15.3. The van der Waals surface area contributed by atoms with Crippen molar-refractivity contribution in [2.45, 2.75) is 70.0 Å². The molecule has 3 heteroatoms. The summed E-state index contributed by atoms with van der Waals surface area (Å²) in [6, 6.07) is 2.32. The largest absolute Gasteiger partial charge is 0.312 e. The highest BCUT2D eigenvalue weighted by atomic mass is 15.2. The van der Waals surface area contributed by atoms with E-state index in [1.54, 1.807) is 0 Å². The van der Waals surface area contributed by atoms with Gasteiger partial charge < -0.3 is 10.2 Å². The lowest BCUT2D eigenvalue weighted by Crippen LogP contribution is -2.55. The molecule has 2 unspecified atom stereocenters. The van der Waals surface area contributed by atoms with Crippen LogP contribution in [0.4, 0.5) is 0 Å². The van der Waals surface area contributed by atoms with Crippen LogP contribution in [0.3, 0.4) is 0 Å². The van der Waals surface area contributed by atoms with E-state index >= 15 is 0 Å².